The van der Waals surface area contributed by atoms with Crippen molar-refractivity contribution in [1.82, 2.24) is 0 Å². The normalized spacial score (nSPS) is 16.2. The highest BCUT2D eigenvalue weighted by atomic mass is 35.5. The lowest BCUT2D eigenvalue weighted by atomic mass is 10.1. The van der Waals surface area contributed by atoms with Crippen molar-refractivity contribution >= 4 is 11.6 Å². The van der Waals surface area contributed by atoms with Crippen molar-refractivity contribution in [3.05, 3.63) is 23.3 Å². The Kier molecular flexibility index (Phi) is 5.42. The molecule has 0 spiro atoms. The van der Waals surface area contributed by atoms with E-state index in [1.807, 2.05) is 19.1 Å². The van der Waals surface area contributed by atoms with Gasteiger partial charge in [-0.1, -0.05) is 44.0 Å². The van der Waals surface area contributed by atoms with E-state index in [1.165, 1.54) is 0 Å². The molecule has 0 aliphatic heterocycles. The third-order valence-corrected chi connectivity index (χ3v) is 1.67. The van der Waals surface area contributed by atoms with Gasteiger partial charge < -0.3 is 0 Å². The molecule has 0 rings (SSSR count). The molecule has 0 aliphatic carbocycles. The van der Waals surface area contributed by atoms with Gasteiger partial charge in [0.2, 0.25) is 0 Å². The van der Waals surface area contributed by atoms with Gasteiger partial charge in [-0.25, -0.2) is 0 Å². The van der Waals surface area contributed by atoms with Crippen LogP contribution < -0.4 is 0 Å². The number of hydrogen-bond acceptors (Lipinski definition) is 0. The van der Waals surface area contributed by atoms with E-state index >= 15 is 0 Å². The molecular formula is C9H15Cl. The minimum atomic E-state index is 0.587. The van der Waals surface area contributed by atoms with Crippen molar-refractivity contribution in [2.24, 2.45) is 5.92 Å². The van der Waals surface area contributed by atoms with Gasteiger partial charge in [0.1, 0.15) is 0 Å². The van der Waals surface area contributed by atoms with Crippen molar-refractivity contribution in [3.8, 4) is 0 Å². The van der Waals surface area contributed by atoms with Crippen LogP contribution in [-0.4, -0.2) is 0 Å². The van der Waals surface area contributed by atoms with Crippen LogP contribution >= 0.6 is 11.6 Å². The van der Waals surface area contributed by atoms with Crippen molar-refractivity contribution < 1.29 is 0 Å². The van der Waals surface area contributed by atoms with Gasteiger partial charge in [0, 0.05) is 5.03 Å². The van der Waals surface area contributed by atoms with Crippen LogP contribution in [0, 0.1) is 5.92 Å². The van der Waals surface area contributed by atoms with Crippen LogP contribution in [0.4, 0.5) is 0 Å². The Hall–Kier alpha value is -0.230. The summed E-state index contributed by atoms with van der Waals surface area (Å²) >= 11 is 5.83. The van der Waals surface area contributed by atoms with E-state index < -0.39 is 0 Å². The van der Waals surface area contributed by atoms with E-state index in [0.29, 0.717) is 5.92 Å². The van der Waals surface area contributed by atoms with Crippen molar-refractivity contribution in [1.29, 1.82) is 0 Å². The number of halogens is 1. The molecular weight excluding hydrogens is 144 g/mol. The molecule has 0 amide bonds. The number of allylic oxidation sites excluding steroid dienone is 4. The molecule has 0 nitrogen and oxygen atoms in total. The minimum absolute atomic E-state index is 0.587. The van der Waals surface area contributed by atoms with Gasteiger partial charge in [0.05, 0.1) is 0 Å². The van der Waals surface area contributed by atoms with Crippen LogP contribution in [-0.2, 0) is 0 Å². The monoisotopic (exact) mass is 158 g/mol. The SMILES string of the molecule is C/C=C\C(Cl)=C/C(C)CC. The standard InChI is InChI=1S/C9H15Cl/c1-4-6-9(10)7-8(3)5-2/h4,6-8H,5H2,1-3H3/b6-4-,9-7+. The number of rotatable bonds is 3. The Morgan fingerprint density at radius 1 is 1.60 bits per heavy atom. The molecule has 0 N–H and O–H groups in total. The predicted octanol–water partition coefficient (Wildman–Crippen LogP) is 3.73. The van der Waals surface area contributed by atoms with Gasteiger partial charge in [-0.05, 0) is 18.9 Å². The van der Waals surface area contributed by atoms with Crippen LogP contribution in [0.15, 0.2) is 23.3 Å². The Morgan fingerprint density at radius 3 is 2.60 bits per heavy atom. The average molecular weight is 159 g/mol. The first kappa shape index (κ1) is 9.77. The van der Waals surface area contributed by atoms with E-state index in [-0.39, 0.29) is 0 Å². The lowest BCUT2D eigenvalue weighted by Crippen LogP contribution is -1.84. The summed E-state index contributed by atoms with van der Waals surface area (Å²) in [6.45, 7) is 6.28. The van der Waals surface area contributed by atoms with Crippen LogP contribution in [0.1, 0.15) is 27.2 Å². The smallest absolute Gasteiger partial charge is 0.0365 e. The maximum absolute atomic E-state index is 5.83. The summed E-state index contributed by atoms with van der Waals surface area (Å²) in [7, 11) is 0. The first-order valence-electron chi connectivity index (χ1n) is 3.70. The fourth-order valence-corrected chi connectivity index (χ4v) is 0.945. The van der Waals surface area contributed by atoms with Crippen LogP contribution in [0.5, 0.6) is 0 Å². The molecule has 0 aromatic rings. The largest absolute Gasteiger partial charge is 0.0862 e. The molecule has 58 valence electrons. The van der Waals surface area contributed by atoms with Gasteiger partial charge in [-0.15, -0.1) is 0 Å². The third-order valence-electron chi connectivity index (χ3n) is 1.41. The second kappa shape index (κ2) is 5.55. The molecule has 0 bridgehead atoms. The van der Waals surface area contributed by atoms with Crippen molar-refractivity contribution in [2.45, 2.75) is 27.2 Å². The van der Waals surface area contributed by atoms with Gasteiger partial charge in [-0.2, -0.15) is 0 Å². The summed E-state index contributed by atoms with van der Waals surface area (Å²) in [6, 6.07) is 0. The molecule has 1 heteroatoms. The van der Waals surface area contributed by atoms with Crippen LogP contribution in [0.2, 0.25) is 0 Å². The molecule has 1 atom stereocenters. The molecule has 0 saturated carbocycles. The highest BCUT2D eigenvalue weighted by Gasteiger charge is 1.92. The first-order chi connectivity index (χ1) is 4.70. The molecule has 0 aliphatic rings. The summed E-state index contributed by atoms with van der Waals surface area (Å²) in [5.41, 5.74) is 0. The zero-order valence-corrected chi connectivity index (χ0v) is 7.65. The highest BCUT2D eigenvalue weighted by molar-refractivity contribution is 6.31. The molecule has 0 fully saturated rings. The highest BCUT2D eigenvalue weighted by Crippen LogP contribution is 2.10. The Bertz CT molecular complexity index is 134. The Morgan fingerprint density at radius 2 is 2.20 bits per heavy atom. The van der Waals surface area contributed by atoms with E-state index in [4.69, 9.17) is 11.6 Å². The van der Waals surface area contributed by atoms with Gasteiger partial charge >= 0.3 is 0 Å². The number of hydrogen-bond donors (Lipinski definition) is 0. The van der Waals surface area contributed by atoms with Gasteiger partial charge in [0.15, 0.2) is 0 Å². The van der Waals surface area contributed by atoms with Crippen molar-refractivity contribution in [2.75, 3.05) is 0 Å². The zero-order valence-electron chi connectivity index (χ0n) is 6.89. The lowest BCUT2D eigenvalue weighted by molar-refractivity contribution is 0.697. The Balaban J connectivity index is 3.89. The fraction of sp³-hybridized carbons (Fsp3) is 0.556. The molecule has 10 heavy (non-hydrogen) atoms. The summed E-state index contributed by atoms with van der Waals surface area (Å²) in [4.78, 5) is 0. The third kappa shape index (κ3) is 4.63. The van der Waals surface area contributed by atoms with E-state index in [1.54, 1.807) is 0 Å². The molecule has 0 radical (unpaired) electrons. The summed E-state index contributed by atoms with van der Waals surface area (Å²) in [5.74, 6) is 0.587. The summed E-state index contributed by atoms with van der Waals surface area (Å²) in [5, 5.41) is 0.844. The second-order valence-electron chi connectivity index (χ2n) is 2.44. The molecule has 0 aromatic heterocycles. The summed E-state index contributed by atoms with van der Waals surface area (Å²) in [6.07, 6.45) is 7.07. The van der Waals surface area contributed by atoms with Crippen molar-refractivity contribution in [3.63, 3.8) is 0 Å². The quantitative estimate of drug-likeness (QED) is 0.549. The maximum atomic E-state index is 5.83. The fourth-order valence-electron chi connectivity index (χ4n) is 0.604. The lowest BCUT2D eigenvalue weighted by Gasteiger charge is -1.99. The minimum Gasteiger partial charge on any atom is -0.0862 e. The molecule has 0 aromatic carbocycles. The van der Waals surface area contributed by atoms with E-state index in [9.17, 15) is 0 Å². The van der Waals surface area contributed by atoms with Crippen LogP contribution in [0.25, 0.3) is 0 Å². The Labute approximate surface area is 68.6 Å². The van der Waals surface area contributed by atoms with Gasteiger partial charge in [0.25, 0.3) is 0 Å². The summed E-state index contributed by atoms with van der Waals surface area (Å²) < 4.78 is 0. The van der Waals surface area contributed by atoms with Crippen LogP contribution in [0.3, 0.4) is 0 Å². The average Bonchev–Trinajstić information content (AvgIpc) is 1.88. The second-order valence-corrected chi connectivity index (χ2v) is 2.87. The molecule has 0 heterocycles. The van der Waals surface area contributed by atoms with E-state index in [0.717, 1.165) is 11.5 Å². The van der Waals surface area contributed by atoms with E-state index in [2.05, 4.69) is 19.9 Å². The zero-order chi connectivity index (χ0) is 7.98. The molecule has 0 saturated heterocycles. The first-order valence-corrected chi connectivity index (χ1v) is 4.08. The predicted molar refractivity (Wildman–Crippen MR) is 48.2 cm³/mol. The maximum Gasteiger partial charge on any atom is 0.0365 e. The topological polar surface area (TPSA) is 0 Å². The molecule has 1 unspecified atom stereocenters. The van der Waals surface area contributed by atoms with Gasteiger partial charge in [-0.3, -0.25) is 0 Å².